The molecule has 4 heterocycles. The van der Waals surface area contributed by atoms with Crippen LogP contribution in [0.5, 0.6) is 23.0 Å². The molecule has 6 aromatic carbocycles. The van der Waals surface area contributed by atoms with Gasteiger partial charge in [-0.05, 0) is 110 Å². The lowest BCUT2D eigenvalue weighted by atomic mass is 9.90. The van der Waals surface area contributed by atoms with Crippen LogP contribution in [-0.2, 0) is 0 Å². The van der Waals surface area contributed by atoms with E-state index in [1.54, 1.807) is 0 Å². The van der Waals surface area contributed by atoms with Gasteiger partial charge in [-0.25, -0.2) is 0 Å². The van der Waals surface area contributed by atoms with Gasteiger partial charge >= 0.3 is 0 Å². The summed E-state index contributed by atoms with van der Waals surface area (Å²) in [7, 11) is 8.69. The molecule has 10 rings (SSSR count). The van der Waals surface area contributed by atoms with E-state index in [1.165, 1.54) is 0 Å². The van der Waals surface area contributed by atoms with Crippen molar-refractivity contribution in [2.24, 2.45) is 0 Å². The largest absolute Gasteiger partial charge is 0.492 e. The molecule has 0 N–H and O–H groups in total. The van der Waals surface area contributed by atoms with Crippen molar-refractivity contribution in [3.05, 3.63) is 191 Å². The molecule has 14 nitrogen and oxygen atoms in total. The number of halogens is 5. The van der Waals surface area contributed by atoms with Crippen LogP contribution < -0.4 is 18.9 Å². The molecule has 0 atom stereocenters. The van der Waals surface area contributed by atoms with E-state index in [2.05, 4.69) is 128 Å². The van der Waals surface area contributed by atoms with Crippen molar-refractivity contribution in [1.82, 2.24) is 39.2 Å². The lowest BCUT2D eigenvalue weighted by molar-refractivity contribution is 0.133. The number of ether oxygens (including phenoxy) is 4. The van der Waals surface area contributed by atoms with Crippen molar-refractivity contribution in [2.75, 3.05) is 186 Å². The topological polar surface area (TPSA) is 110 Å². The zero-order valence-electron chi connectivity index (χ0n) is 52.1. The van der Waals surface area contributed by atoms with Gasteiger partial charge in [-0.1, -0.05) is 109 Å². The van der Waals surface area contributed by atoms with E-state index in [-0.39, 0.29) is 62.0 Å². The molecule has 480 valence electrons. The molecule has 0 saturated carbocycles. The van der Waals surface area contributed by atoms with Crippen molar-refractivity contribution in [3.8, 4) is 35.1 Å². The number of likely N-dealkylation sites (N-methyl/N-ethyl adjacent to an activating group) is 4. The first-order chi connectivity index (χ1) is 41.2. The van der Waals surface area contributed by atoms with Gasteiger partial charge in [-0.2, -0.15) is 10.5 Å². The van der Waals surface area contributed by atoms with Gasteiger partial charge in [0.15, 0.2) is 0 Å². The average Bonchev–Trinajstić information content (AvgIpc) is 3.71. The summed E-state index contributed by atoms with van der Waals surface area (Å²) < 4.78 is 24.4. The van der Waals surface area contributed by atoms with E-state index >= 15 is 0 Å². The van der Waals surface area contributed by atoms with E-state index in [0.717, 1.165) is 198 Å². The Morgan fingerprint density at radius 3 is 0.685 bits per heavy atom. The number of benzene rings is 6. The second-order valence-corrected chi connectivity index (χ2v) is 22.5. The van der Waals surface area contributed by atoms with Crippen LogP contribution in [0.2, 0.25) is 0 Å². The third kappa shape index (κ3) is 23.4. The standard InChI is InChI=1S/2C35H43N5O2.5ClH/c2*1-37-16-20-39(21-17-37)24-26-41-32-12-8-30(9-13-32)35(34(28-36)29-6-4-3-5-7-29)31-10-14-33(15-11-31)42-27-25-40-22-18-38(2)19-23-40;;;;;/h2*3-15H,16-27H2,1-2H3;5*1H. The summed E-state index contributed by atoms with van der Waals surface area (Å²) in [6, 6.07) is 57.3. The van der Waals surface area contributed by atoms with Crippen LogP contribution in [0.4, 0.5) is 0 Å². The minimum Gasteiger partial charge on any atom is -0.492 e. The average molecular weight is 1310 g/mol. The second-order valence-electron chi connectivity index (χ2n) is 22.5. The Kier molecular flexibility index (Phi) is 34.0. The molecule has 0 spiro atoms. The Morgan fingerprint density at radius 1 is 0.292 bits per heavy atom. The first-order valence-corrected chi connectivity index (χ1v) is 30.1. The van der Waals surface area contributed by atoms with Gasteiger partial charge in [0, 0.05) is 142 Å². The number of rotatable bonds is 22. The minimum absolute atomic E-state index is 0. The molecule has 0 aliphatic carbocycles. The fourth-order valence-corrected chi connectivity index (χ4v) is 11.0. The summed E-state index contributed by atoms with van der Waals surface area (Å²) in [6.07, 6.45) is 0. The summed E-state index contributed by atoms with van der Waals surface area (Å²) >= 11 is 0. The van der Waals surface area contributed by atoms with E-state index in [9.17, 15) is 10.5 Å². The summed E-state index contributed by atoms with van der Waals surface area (Å²) in [5.74, 6) is 3.37. The summed E-state index contributed by atoms with van der Waals surface area (Å²) in [5, 5.41) is 20.6. The van der Waals surface area contributed by atoms with Gasteiger partial charge in [-0.3, -0.25) is 19.6 Å². The highest BCUT2D eigenvalue weighted by Gasteiger charge is 2.20. The molecule has 0 radical (unpaired) electrons. The number of allylic oxidation sites excluding steroid dienone is 2. The monoisotopic (exact) mass is 1310 g/mol. The number of piperazine rings is 4. The van der Waals surface area contributed by atoms with E-state index < -0.39 is 0 Å². The zero-order valence-corrected chi connectivity index (χ0v) is 56.2. The molecular formula is C70H91Cl5N10O4. The Hall–Kier alpha value is -5.89. The number of hydrogen-bond donors (Lipinski definition) is 0. The zero-order chi connectivity index (χ0) is 58.3. The number of nitrogens with zero attached hydrogens (tertiary/aromatic N) is 10. The summed E-state index contributed by atoms with van der Waals surface area (Å²) in [4.78, 5) is 19.3. The fourth-order valence-electron chi connectivity index (χ4n) is 11.0. The highest BCUT2D eigenvalue weighted by Crippen LogP contribution is 2.36. The molecule has 6 aromatic rings. The maximum atomic E-state index is 10.3. The lowest BCUT2D eigenvalue weighted by Gasteiger charge is -2.32. The van der Waals surface area contributed by atoms with Gasteiger partial charge < -0.3 is 38.5 Å². The van der Waals surface area contributed by atoms with Crippen LogP contribution in [0.3, 0.4) is 0 Å². The highest BCUT2D eigenvalue weighted by molar-refractivity contribution is 6.04. The van der Waals surface area contributed by atoms with E-state index in [1.807, 2.05) is 109 Å². The van der Waals surface area contributed by atoms with Crippen molar-refractivity contribution in [3.63, 3.8) is 0 Å². The lowest BCUT2D eigenvalue weighted by Crippen LogP contribution is -2.45. The van der Waals surface area contributed by atoms with Gasteiger partial charge in [0.25, 0.3) is 0 Å². The van der Waals surface area contributed by atoms with Crippen molar-refractivity contribution >= 4 is 84.3 Å². The van der Waals surface area contributed by atoms with E-state index in [4.69, 9.17) is 18.9 Å². The molecule has 4 fully saturated rings. The maximum Gasteiger partial charge on any atom is 0.119 e. The highest BCUT2D eigenvalue weighted by atomic mass is 35.5. The number of nitriles is 2. The van der Waals surface area contributed by atoms with Crippen LogP contribution in [0.25, 0.3) is 22.3 Å². The van der Waals surface area contributed by atoms with Crippen LogP contribution in [-0.4, -0.2) is 225 Å². The molecule has 0 amide bonds. The Morgan fingerprint density at radius 2 is 0.494 bits per heavy atom. The number of hydrogen-bond acceptors (Lipinski definition) is 14. The molecule has 89 heavy (non-hydrogen) atoms. The summed E-state index contributed by atoms with van der Waals surface area (Å²) in [6.45, 7) is 23.9. The molecule has 19 heteroatoms. The Bertz CT molecular complexity index is 2730. The normalized spacial score (nSPS) is 16.0. The first-order valence-electron chi connectivity index (χ1n) is 30.1. The van der Waals surface area contributed by atoms with Gasteiger partial charge in [0.1, 0.15) is 61.6 Å². The van der Waals surface area contributed by atoms with Gasteiger partial charge in [-0.15, -0.1) is 62.0 Å². The molecule has 0 unspecified atom stereocenters. The van der Waals surface area contributed by atoms with Crippen molar-refractivity contribution in [2.45, 2.75) is 0 Å². The predicted molar refractivity (Wildman–Crippen MR) is 376 cm³/mol. The fraction of sp³-hybridized carbons (Fsp3) is 0.400. The SMILES string of the molecule is CN1CCN(CCOc2ccc(C(=C(C#N)c3ccccc3)c3ccc(OCCN4CCN(C)CC4)cc3)cc2)CC1.CN1CCN(CCOc2ccc(C(=C(C#N)c3ccccc3)c3ccc(OCCN4CCN(C)CC4)cc3)cc2)CC1.Cl.Cl.Cl.Cl.Cl. The van der Waals surface area contributed by atoms with Crippen LogP contribution in [0.1, 0.15) is 33.4 Å². The molecule has 0 aromatic heterocycles. The molecule has 4 saturated heterocycles. The smallest absolute Gasteiger partial charge is 0.119 e. The molecule has 4 aliphatic heterocycles. The quantitative estimate of drug-likeness (QED) is 0.0475. The Labute approximate surface area is 561 Å². The van der Waals surface area contributed by atoms with Crippen LogP contribution >= 0.6 is 62.0 Å². The predicted octanol–water partition coefficient (Wildman–Crippen LogP) is 11.0. The van der Waals surface area contributed by atoms with Crippen LogP contribution in [0.15, 0.2) is 158 Å². The third-order valence-electron chi connectivity index (χ3n) is 16.5. The van der Waals surface area contributed by atoms with Gasteiger partial charge in [0.05, 0.1) is 11.1 Å². The second kappa shape index (κ2) is 40.1. The van der Waals surface area contributed by atoms with Crippen LogP contribution in [0, 0.1) is 22.7 Å². The Balaban J connectivity index is 0.000000360. The van der Waals surface area contributed by atoms with Crippen molar-refractivity contribution < 1.29 is 18.9 Å². The first kappa shape index (κ1) is 75.6. The molecular weight excluding hydrogens is 1220 g/mol. The minimum atomic E-state index is 0. The van der Waals surface area contributed by atoms with Gasteiger partial charge in [0.2, 0.25) is 0 Å². The summed E-state index contributed by atoms with van der Waals surface area (Å²) in [5.41, 5.74) is 8.79. The molecule has 4 aliphatic rings. The molecule has 0 bridgehead atoms. The van der Waals surface area contributed by atoms with E-state index in [0.29, 0.717) is 37.6 Å². The third-order valence-corrected chi connectivity index (χ3v) is 16.5. The van der Waals surface area contributed by atoms with Crippen molar-refractivity contribution in [1.29, 1.82) is 10.5 Å². The maximum absolute atomic E-state index is 10.3.